The summed E-state index contributed by atoms with van der Waals surface area (Å²) in [5, 5.41) is 2.95. The molecule has 4 heteroatoms. The summed E-state index contributed by atoms with van der Waals surface area (Å²) < 4.78 is 2.12. The van der Waals surface area contributed by atoms with Crippen LogP contribution < -0.4 is 0 Å². The highest BCUT2D eigenvalue weighted by atomic mass is 32.1. The Kier molecular flexibility index (Phi) is 2.14. The molecule has 0 spiro atoms. The molecule has 0 saturated carbocycles. The predicted octanol–water partition coefficient (Wildman–Crippen LogP) is 2.59. The Bertz CT molecular complexity index is 375. The predicted molar refractivity (Wildman–Crippen MR) is 53.7 cm³/mol. The van der Waals surface area contributed by atoms with Crippen LogP contribution in [0.2, 0.25) is 0 Å². The first-order chi connectivity index (χ1) is 6.29. The Labute approximate surface area is 81.1 Å². The summed E-state index contributed by atoms with van der Waals surface area (Å²) in [6.45, 7) is 4.28. The van der Waals surface area contributed by atoms with E-state index in [1.54, 1.807) is 17.5 Å². The molecule has 13 heavy (non-hydrogen) atoms. The minimum atomic E-state index is 0.432. The molecule has 2 aromatic heterocycles. The standard InChI is InChI=1S/C9H11N3S/c1-7(2)12-5-3-10-8(12)9-11-4-6-13-9/h3-7H,1-2H3. The Balaban J connectivity index is 2.46. The van der Waals surface area contributed by atoms with E-state index in [2.05, 4.69) is 28.4 Å². The highest BCUT2D eigenvalue weighted by Gasteiger charge is 2.09. The van der Waals surface area contributed by atoms with Gasteiger partial charge in [-0.05, 0) is 13.8 Å². The molecule has 68 valence electrons. The molecule has 0 N–H and O–H groups in total. The van der Waals surface area contributed by atoms with Gasteiger partial charge in [0.25, 0.3) is 0 Å². The van der Waals surface area contributed by atoms with Crippen molar-refractivity contribution in [3.8, 4) is 10.8 Å². The van der Waals surface area contributed by atoms with Crippen LogP contribution >= 0.6 is 11.3 Å². The fourth-order valence-corrected chi connectivity index (χ4v) is 1.87. The fraction of sp³-hybridized carbons (Fsp3) is 0.333. The lowest BCUT2D eigenvalue weighted by Crippen LogP contribution is -2.01. The van der Waals surface area contributed by atoms with E-state index < -0.39 is 0 Å². The molecule has 3 nitrogen and oxygen atoms in total. The highest BCUT2D eigenvalue weighted by molar-refractivity contribution is 7.13. The summed E-state index contributed by atoms with van der Waals surface area (Å²) in [6.07, 6.45) is 5.61. The van der Waals surface area contributed by atoms with Crippen LogP contribution in [0.3, 0.4) is 0 Å². The van der Waals surface area contributed by atoms with E-state index in [1.165, 1.54) is 0 Å². The summed E-state index contributed by atoms with van der Waals surface area (Å²) in [5.41, 5.74) is 0. The van der Waals surface area contributed by atoms with Gasteiger partial charge in [0.2, 0.25) is 0 Å². The Hall–Kier alpha value is -1.16. The first kappa shape index (κ1) is 8.44. The molecular weight excluding hydrogens is 182 g/mol. The highest BCUT2D eigenvalue weighted by Crippen LogP contribution is 2.22. The average Bonchev–Trinajstić information content (AvgIpc) is 2.74. The zero-order valence-corrected chi connectivity index (χ0v) is 8.45. The van der Waals surface area contributed by atoms with Crippen molar-refractivity contribution in [2.24, 2.45) is 0 Å². The van der Waals surface area contributed by atoms with Gasteiger partial charge in [0.15, 0.2) is 10.8 Å². The van der Waals surface area contributed by atoms with Crippen LogP contribution in [-0.2, 0) is 0 Å². The van der Waals surface area contributed by atoms with Crippen LogP contribution in [0.25, 0.3) is 10.8 Å². The van der Waals surface area contributed by atoms with Crippen molar-refractivity contribution in [2.75, 3.05) is 0 Å². The minimum Gasteiger partial charge on any atom is -0.326 e. The van der Waals surface area contributed by atoms with Gasteiger partial charge in [0, 0.05) is 30.0 Å². The third kappa shape index (κ3) is 1.49. The van der Waals surface area contributed by atoms with Crippen molar-refractivity contribution in [1.82, 2.24) is 14.5 Å². The van der Waals surface area contributed by atoms with E-state index in [0.29, 0.717) is 6.04 Å². The molecular formula is C9H11N3S. The van der Waals surface area contributed by atoms with E-state index in [9.17, 15) is 0 Å². The molecule has 0 bridgehead atoms. The number of nitrogens with zero attached hydrogens (tertiary/aromatic N) is 3. The third-order valence-electron chi connectivity index (χ3n) is 1.85. The van der Waals surface area contributed by atoms with Gasteiger partial charge in [-0.1, -0.05) is 0 Å². The molecule has 0 aromatic carbocycles. The van der Waals surface area contributed by atoms with Crippen molar-refractivity contribution < 1.29 is 0 Å². The SMILES string of the molecule is CC(C)n1ccnc1-c1nccs1. The maximum atomic E-state index is 4.29. The molecule has 0 aliphatic rings. The number of thiazole rings is 1. The average molecular weight is 193 g/mol. The molecule has 0 radical (unpaired) electrons. The molecule has 2 heterocycles. The molecule has 0 aliphatic heterocycles. The van der Waals surface area contributed by atoms with Gasteiger partial charge in [-0.2, -0.15) is 0 Å². The second kappa shape index (κ2) is 3.30. The smallest absolute Gasteiger partial charge is 0.169 e. The van der Waals surface area contributed by atoms with E-state index in [4.69, 9.17) is 0 Å². The Morgan fingerprint density at radius 1 is 1.31 bits per heavy atom. The molecule has 2 rings (SSSR count). The number of rotatable bonds is 2. The van der Waals surface area contributed by atoms with Crippen molar-refractivity contribution in [1.29, 1.82) is 0 Å². The van der Waals surface area contributed by atoms with Crippen molar-refractivity contribution >= 4 is 11.3 Å². The minimum absolute atomic E-state index is 0.432. The van der Waals surface area contributed by atoms with Crippen molar-refractivity contribution in [3.63, 3.8) is 0 Å². The van der Waals surface area contributed by atoms with E-state index in [0.717, 1.165) is 10.8 Å². The largest absolute Gasteiger partial charge is 0.326 e. The molecule has 0 saturated heterocycles. The van der Waals surface area contributed by atoms with Crippen molar-refractivity contribution in [2.45, 2.75) is 19.9 Å². The molecule has 0 aliphatic carbocycles. The van der Waals surface area contributed by atoms with Gasteiger partial charge >= 0.3 is 0 Å². The third-order valence-corrected chi connectivity index (χ3v) is 2.62. The van der Waals surface area contributed by atoms with Crippen LogP contribution in [0.15, 0.2) is 24.0 Å². The van der Waals surface area contributed by atoms with E-state index in [1.807, 2.05) is 17.8 Å². The summed E-state index contributed by atoms with van der Waals surface area (Å²) >= 11 is 1.62. The second-order valence-corrected chi connectivity index (χ2v) is 3.98. The summed E-state index contributed by atoms with van der Waals surface area (Å²) in [4.78, 5) is 8.53. The fourth-order valence-electron chi connectivity index (χ4n) is 1.23. The summed E-state index contributed by atoms with van der Waals surface area (Å²) in [6, 6.07) is 0.432. The molecule has 2 aromatic rings. The zero-order chi connectivity index (χ0) is 9.26. The van der Waals surface area contributed by atoms with Crippen LogP contribution in [-0.4, -0.2) is 14.5 Å². The normalized spacial score (nSPS) is 11.0. The lowest BCUT2D eigenvalue weighted by atomic mass is 10.4. The maximum absolute atomic E-state index is 4.29. The first-order valence-corrected chi connectivity index (χ1v) is 5.09. The molecule has 0 fully saturated rings. The number of imidazole rings is 1. The van der Waals surface area contributed by atoms with Gasteiger partial charge in [-0.3, -0.25) is 0 Å². The number of hydrogen-bond donors (Lipinski definition) is 0. The zero-order valence-electron chi connectivity index (χ0n) is 7.64. The Morgan fingerprint density at radius 2 is 2.15 bits per heavy atom. The summed E-state index contributed by atoms with van der Waals surface area (Å²) in [7, 11) is 0. The van der Waals surface area contributed by atoms with Crippen molar-refractivity contribution in [3.05, 3.63) is 24.0 Å². The number of aromatic nitrogens is 3. The summed E-state index contributed by atoms with van der Waals surface area (Å²) in [5.74, 6) is 0.963. The monoisotopic (exact) mass is 193 g/mol. The molecule has 0 unspecified atom stereocenters. The first-order valence-electron chi connectivity index (χ1n) is 4.21. The lowest BCUT2D eigenvalue weighted by molar-refractivity contribution is 0.606. The van der Waals surface area contributed by atoms with Gasteiger partial charge in [0.05, 0.1) is 0 Å². The van der Waals surface area contributed by atoms with Crippen LogP contribution in [0.4, 0.5) is 0 Å². The van der Waals surface area contributed by atoms with Crippen LogP contribution in [0, 0.1) is 0 Å². The van der Waals surface area contributed by atoms with Crippen LogP contribution in [0.1, 0.15) is 19.9 Å². The second-order valence-electron chi connectivity index (χ2n) is 3.09. The molecule has 0 amide bonds. The van der Waals surface area contributed by atoms with Gasteiger partial charge < -0.3 is 4.57 Å². The van der Waals surface area contributed by atoms with Crippen LogP contribution in [0.5, 0.6) is 0 Å². The van der Waals surface area contributed by atoms with Gasteiger partial charge in [-0.25, -0.2) is 9.97 Å². The number of hydrogen-bond acceptors (Lipinski definition) is 3. The van der Waals surface area contributed by atoms with Gasteiger partial charge in [-0.15, -0.1) is 11.3 Å². The van der Waals surface area contributed by atoms with Gasteiger partial charge in [0.1, 0.15) is 0 Å². The Morgan fingerprint density at radius 3 is 2.77 bits per heavy atom. The van der Waals surface area contributed by atoms with E-state index in [-0.39, 0.29) is 0 Å². The lowest BCUT2D eigenvalue weighted by Gasteiger charge is -2.08. The quantitative estimate of drug-likeness (QED) is 0.734. The van der Waals surface area contributed by atoms with E-state index >= 15 is 0 Å². The molecule has 0 atom stereocenters. The maximum Gasteiger partial charge on any atom is 0.169 e. The topological polar surface area (TPSA) is 30.7 Å².